The molecule has 1 fully saturated rings. The fourth-order valence-electron chi connectivity index (χ4n) is 2.09. The van der Waals surface area contributed by atoms with Crippen molar-refractivity contribution in [3.8, 4) is 6.07 Å². The molecule has 1 aromatic carbocycles. The van der Waals surface area contributed by atoms with Gasteiger partial charge in [0.25, 0.3) is 0 Å². The Labute approximate surface area is 119 Å². The molecular formula is C13H14BrFN2O2. The van der Waals surface area contributed by atoms with E-state index in [0.717, 1.165) is 0 Å². The molecule has 0 radical (unpaired) electrons. The first-order valence-corrected chi connectivity index (χ1v) is 6.69. The Kier molecular flexibility index (Phi) is 4.75. The Hall–Kier alpha value is -1.16. The number of hydrogen-bond acceptors (Lipinski definition) is 4. The van der Waals surface area contributed by atoms with Gasteiger partial charge in [-0.3, -0.25) is 0 Å². The number of methoxy groups -OCH3 is 1. The number of benzene rings is 1. The Morgan fingerprint density at radius 2 is 2.42 bits per heavy atom. The molecule has 1 unspecified atom stereocenters. The van der Waals surface area contributed by atoms with Gasteiger partial charge in [-0.25, -0.2) is 4.39 Å². The van der Waals surface area contributed by atoms with Gasteiger partial charge in [-0.15, -0.1) is 0 Å². The fourth-order valence-corrected chi connectivity index (χ4v) is 2.51. The van der Waals surface area contributed by atoms with Crippen LogP contribution >= 0.6 is 15.9 Å². The zero-order chi connectivity index (χ0) is 13.8. The lowest BCUT2D eigenvalue weighted by atomic mass is 10.1. The summed E-state index contributed by atoms with van der Waals surface area (Å²) in [6.45, 7) is 2.21. The number of anilines is 1. The van der Waals surface area contributed by atoms with E-state index in [1.54, 1.807) is 13.2 Å². The van der Waals surface area contributed by atoms with Crippen molar-refractivity contribution in [2.75, 3.05) is 38.3 Å². The summed E-state index contributed by atoms with van der Waals surface area (Å²) in [5.41, 5.74) is 0.776. The summed E-state index contributed by atoms with van der Waals surface area (Å²) in [5, 5.41) is 8.86. The monoisotopic (exact) mass is 328 g/mol. The average Bonchev–Trinajstić information content (AvgIpc) is 2.41. The van der Waals surface area contributed by atoms with Gasteiger partial charge in [0.15, 0.2) is 0 Å². The van der Waals surface area contributed by atoms with E-state index < -0.39 is 5.82 Å². The maximum atomic E-state index is 14.0. The van der Waals surface area contributed by atoms with Crippen LogP contribution in [0, 0.1) is 17.1 Å². The molecule has 1 aromatic rings. The van der Waals surface area contributed by atoms with Gasteiger partial charge in [0, 0.05) is 24.7 Å². The predicted molar refractivity (Wildman–Crippen MR) is 72.6 cm³/mol. The molecule has 1 saturated heterocycles. The first-order chi connectivity index (χ1) is 9.15. The molecule has 0 bridgehead atoms. The molecule has 102 valence electrons. The number of hydrogen-bond donors (Lipinski definition) is 0. The van der Waals surface area contributed by atoms with Crippen molar-refractivity contribution in [1.29, 1.82) is 5.26 Å². The summed E-state index contributed by atoms with van der Waals surface area (Å²) < 4.78 is 25.2. The number of morpholine rings is 1. The Balaban J connectivity index is 2.22. The van der Waals surface area contributed by atoms with Crippen LogP contribution in [0.1, 0.15) is 5.56 Å². The third-order valence-corrected chi connectivity index (χ3v) is 3.65. The highest BCUT2D eigenvalue weighted by Gasteiger charge is 2.23. The second-order valence-electron chi connectivity index (χ2n) is 4.29. The van der Waals surface area contributed by atoms with Crippen LogP contribution in [0.2, 0.25) is 0 Å². The van der Waals surface area contributed by atoms with Crippen molar-refractivity contribution < 1.29 is 13.9 Å². The molecule has 0 N–H and O–H groups in total. The fraction of sp³-hybridized carbons (Fsp3) is 0.462. The highest BCUT2D eigenvalue weighted by molar-refractivity contribution is 9.10. The number of ether oxygens (including phenoxy) is 2. The molecule has 0 aromatic heterocycles. The smallest absolute Gasteiger partial charge is 0.147 e. The average molecular weight is 329 g/mol. The Morgan fingerprint density at radius 3 is 3.11 bits per heavy atom. The maximum Gasteiger partial charge on any atom is 0.147 e. The zero-order valence-corrected chi connectivity index (χ0v) is 12.1. The van der Waals surface area contributed by atoms with Crippen LogP contribution < -0.4 is 4.90 Å². The lowest BCUT2D eigenvalue weighted by Gasteiger charge is -2.34. The first kappa shape index (κ1) is 14.3. The Morgan fingerprint density at radius 1 is 1.63 bits per heavy atom. The minimum Gasteiger partial charge on any atom is -0.382 e. The van der Waals surface area contributed by atoms with Gasteiger partial charge in [0.05, 0.1) is 30.6 Å². The van der Waals surface area contributed by atoms with Crippen molar-refractivity contribution in [1.82, 2.24) is 0 Å². The summed E-state index contributed by atoms with van der Waals surface area (Å²) in [5.74, 6) is -0.391. The standard InChI is InChI=1S/C13H14BrFN2O2/c1-18-8-10-7-17(2-3-19-10)13-5-11(14)9(6-16)4-12(13)15/h4-5,10H,2-3,7-8H2,1H3. The molecule has 1 aliphatic rings. The highest BCUT2D eigenvalue weighted by Crippen LogP contribution is 2.28. The van der Waals surface area contributed by atoms with Crippen molar-refractivity contribution in [2.45, 2.75) is 6.10 Å². The lowest BCUT2D eigenvalue weighted by molar-refractivity contribution is -0.0102. The van der Waals surface area contributed by atoms with E-state index in [0.29, 0.717) is 42.0 Å². The molecule has 1 atom stereocenters. The molecule has 4 nitrogen and oxygen atoms in total. The molecule has 2 rings (SSSR count). The maximum absolute atomic E-state index is 14.0. The van der Waals surface area contributed by atoms with E-state index in [1.807, 2.05) is 11.0 Å². The number of rotatable bonds is 3. The second-order valence-corrected chi connectivity index (χ2v) is 5.14. The van der Waals surface area contributed by atoms with Gasteiger partial charge in [-0.2, -0.15) is 5.26 Å². The normalized spacial score (nSPS) is 19.3. The van der Waals surface area contributed by atoms with Crippen LogP contribution in [-0.2, 0) is 9.47 Å². The van der Waals surface area contributed by atoms with Gasteiger partial charge in [0.2, 0.25) is 0 Å². The van der Waals surface area contributed by atoms with E-state index in [9.17, 15) is 4.39 Å². The van der Waals surface area contributed by atoms with Crippen molar-refractivity contribution in [3.05, 3.63) is 28.0 Å². The molecule has 0 spiro atoms. The zero-order valence-electron chi connectivity index (χ0n) is 10.5. The van der Waals surface area contributed by atoms with Crippen LogP contribution in [0.4, 0.5) is 10.1 Å². The third-order valence-electron chi connectivity index (χ3n) is 2.99. The van der Waals surface area contributed by atoms with Crippen LogP contribution in [0.15, 0.2) is 16.6 Å². The van der Waals surface area contributed by atoms with Crippen LogP contribution in [0.25, 0.3) is 0 Å². The number of nitrogens with zero attached hydrogens (tertiary/aromatic N) is 2. The number of nitriles is 1. The summed E-state index contributed by atoms with van der Waals surface area (Å²) >= 11 is 3.28. The summed E-state index contributed by atoms with van der Waals surface area (Å²) in [6, 6.07) is 4.84. The van der Waals surface area contributed by atoms with Gasteiger partial charge < -0.3 is 14.4 Å². The largest absolute Gasteiger partial charge is 0.382 e. The van der Waals surface area contributed by atoms with Gasteiger partial charge in [-0.1, -0.05) is 0 Å². The quantitative estimate of drug-likeness (QED) is 0.854. The van der Waals surface area contributed by atoms with Gasteiger partial charge in [0.1, 0.15) is 11.9 Å². The molecule has 0 saturated carbocycles. The van der Waals surface area contributed by atoms with Gasteiger partial charge in [-0.05, 0) is 28.1 Å². The third kappa shape index (κ3) is 3.24. The predicted octanol–water partition coefficient (Wildman–Crippen LogP) is 2.31. The number of halogens is 2. The summed E-state index contributed by atoms with van der Waals surface area (Å²) in [4.78, 5) is 1.91. The van der Waals surface area contributed by atoms with Crippen molar-refractivity contribution in [3.63, 3.8) is 0 Å². The first-order valence-electron chi connectivity index (χ1n) is 5.90. The van der Waals surface area contributed by atoms with E-state index in [-0.39, 0.29) is 6.10 Å². The molecule has 1 aliphatic heterocycles. The highest BCUT2D eigenvalue weighted by atomic mass is 79.9. The summed E-state index contributed by atoms with van der Waals surface area (Å²) in [7, 11) is 1.61. The van der Waals surface area contributed by atoms with E-state index in [1.165, 1.54) is 6.07 Å². The molecule has 0 aliphatic carbocycles. The summed E-state index contributed by atoms with van der Waals surface area (Å²) in [6.07, 6.45) is -0.0624. The topological polar surface area (TPSA) is 45.5 Å². The lowest BCUT2D eigenvalue weighted by Crippen LogP contribution is -2.44. The minimum atomic E-state index is -0.391. The van der Waals surface area contributed by atoms with E-state index in [4.69, 9.17) is 14.7 Å². The van der Waals surface area contributed by atoms with Crippen LogP contribution in [0.3, 0.4) is 0 Å². The van der Waals surface area contributed by atoms with Crippen LogP contribution in [-0.4, -0.2) is 39.5 Å². The van der Waals surface area contributed by atoms with E-state index >= 15 is 0 Å². The van der Waals surface area contributed by atoms with Crippen molar-refractivity contribution >= 4 is 21.6 Å². The second kappa shape index (κ2) is 6.33. The Bertz CT molecular complexity index is 502. The van der Waals surface area contributed by atoms with Crippen molar-refractivity contribution in [2.24, 2.45) is 0 Å². The molecule has 0 amide bonds. The van der Waals surface area contributed by atoms with Gasteiger partial charge >= 0.3 is 0 Å². The molecular weight excluding hydrogens is 315 g/mol. The van der Waals surface area contributed by atoms with E-state index in [2.05, 4.69) is 15.9 Å². The SMILES string of the molecule is COCC1CN(c2cc(Br)c(C#N)cc2F)CCO1. The molecule has 1 heterocycles. The van der Waals surface area contributed by atoms with Crippen LogP contribution in [0.5, 0.6) is 0 Å². The minimum absolute atomic E-state index is 0.0624. The molecule has 6 heteroatoms. The molecule has 19 heavy (non-hydrogen) atoms.